The Morgan fingerprint density at radius 3 is 2.89 bits per heavy atom. The lowest BCUT2D eigenvalue weighted by molar-refractivity contribution is 0.0650. The topological polar surface area (TPSA) is 83.4 Å². The van der Waals surface area contributed by atoms with Gasteiger partial charge in [-0.1, -0.05) is 12.1 Å². The second kappa shape index (κ2) is 8.06. The molecule has 0 aliphatic rings. The van der Waals surface area contributed by atoms with Crippen molar-refractivity contribution in [2.75, 3.05) is 32.4 Å². The molecule has 0 aliphatic heterocycles. The number of rotatable bonds is 6. The average molecular weight is 249 g/mol. The van der Waals surface area contributed by atoms with Gasteiger partial charge in [0.2, 0.25) is 0 Å². The summed E-state index contributed by atoms with van der Waals surface area (Å²) >= 11 is 0. The number of nitrogens with zero attached hydrogens (tertiary/aromatic N) is 1. The van der Waals surface area contributed by atoms with Gasteiger partial charge in [0.15, 0.2) is 0 Å². The van der Waals surface area contributed by atoms with Crippen LogP contribution in [0.25, 0.3) is 0 Å². The van der Waals surface area contributed by atoms with Gasteiger partial charge in [-0.05, 0) is 12.1 Å². The molecule has 96 valence electrons. The van der Waals surface area contributed by atoms with Crippen molar-refractivity contribution in [1.29, 1.82) is 5.26 Å². The first-order valence-corrected chi connectivity index (χ1v) is 5.38. The van der Waals surface area contributed by atoms with Gasteiger partial charge in [-0.15, -0.1) is 0 Å². The summed E-state index contributed by atoms with van der Waals surface area (Å²) in [4.78, 5) is 11.5. The molecule has 0 radical (unpaired) electrons. The molecule has 6 heteroatoms. The number of amides is 2. The van der Waals surface area contributed by atoms with Crippen LogP contribution >= 0.6 is 0 Å². The number of hydrogen-bond acceptors (Lipinski definition) is 4. The number of carbonyl (C=O) groups is 1. The van der Waals surface area contributed by atoms with Crippen molar-refractivity contribution < 1.29 is 14.3 Å². The first kappa shape index (κ1) is 14.0. The van der Waals surface area contributed by atoms with E-state index in [2.05, 4.69) is 10.6 Å². The normalized spacial score (nSPS) is 9.56. The molecule has 0 aromatic heterocycles. The Labute approximate surface area is 106 Å². The van der Waals surface area contributed by atoms with Crippen molar-refractivity contribution in [3.05, 3.63) is 29.8 Å². The third-order valence-corrected chi connectivity index (χ3v) is 2.06. The number of benzene rings is 1. The van der Waals surface area contributed by atoms with Crippen LogP contribution in [0.15, 0.2) is 24.3 Å². The summed E-state index contributed by atoms with van der Waals surface area (Å²) in [5.41, 5.74) is 0.877. The molecule has 2 amide bonds. The van der Waals surface area contributed by atoms with Crippen LogP contribution in [0.1, 0.15) is 5.56 Å². The van der Waals surface area contributed by atoms with Crippen LogP contribution in [0.5, 0.6) is 0 Å². The minimum atomic E-state index is -0.421. The van der Waals surface area contributed by atoms with Gasteiger partial charge in [0.05, 0.1) is 24.5 Å². The van der Waals surface area contributed by atoms with Crippen LogP contribution in [-0.4, -0.2) is 33.1 Å². The zero-order valence-electron chi connectivity index (χ0n) is 10.1. The molecule has 0 bridgehead atoms. The fraction of sp³-hybridized carbons (Fsp3) is 0.333. The number of methoxy groups -OCH3 is 1. The van der Waals surface area contributed by atoms with Crippen LogP contribution < -0.4 is 10.6 Å². The lowest BCUT2D eigenvalue weighted by atomic mass is 10.2. The highest BCUT2D eigenvalue weighted by molar-refractivity contribution is 5.90. The lowest BCUT2D eigenvalue weighted by Crippen LogP contribution is -2.31. The zero-order valence-corrected chi connectivity index (χ0v) is 10.1. The number of ether oxygens (including phenoxy) is 2. The molecule has 0 spiro atoms. The summed E-state index contributed by atoms with van der Waals surface area (Å²) in [5, 5.41) is 13.9. The predicted octanol–water partition coefficient (Wildman–Crippen LogP) is 1.30. The Hall–Kier alpha value is -2.10. The third kappa shape index (κ3) is 4.82. The van der Waals surface area contributed by atoms with Crippen molar-refractivity contribution in [2.45, 2.75) is 0 Å². The van der Waals surface area contributed by atoms with Crippen molar-refractivity contribution >= 4 is 11.7 Å². The number of hydrogen-bond donors (Lipinski definition) is 2. The number of nitriles is 1. The van der Waals surface area contributed by atoms with E-state index in [1.54, 1.807) is 31.4 Å². The number of carbonyl (C=O) groups excluding carboxylic acids is 1. The molecule has 1 aromatic carbocycles. The maximum atomic E-state index is 11.5. The second-order valence-electron chi connectivity index (χ2n) is 3.33. The Bertz CT molecular complexity index is 429. The molecule has 0 fully saturated rings. The quantitative estimate of drug-likeness (QED) is 0.588. The smallest absolute Gasteiger partial charge is 0.321 e. The van der Waals surface area contributed by atoms with Crippen LogP contribution in [0.4, 0.5) is 10.5 Å². The number of nitrogens with one attached hydrogen (secondary N) is 2. The van der Waals surface area contributed by atoms with Gasteiger partial charge in [-0.25, -0.2) is 4.79 Å². The van der Waals surface area contributed by atoms with Crippen molar-refractivity contribution in [1.82, 2.24) is 5.32 Å². The van der Waals surface area contributed by atoms with Gasteiger partial charge >= 0.3 is 6.03 Å². The molecule has 0 heterocycles. The summed E-state index contributed by atoms with van der Waals surface area (Å²) in [6.07, 6.45) is 0. The highest BCUT2D eigenvalue weighted by Gasteiger charge is 2.04. The van der Waals surface area contributed by atoms with E-state index >= 15 is 0 Å². The largest absolute Gasteiger partial charge is 0.382 e. The van der Waals surface area contributed by atoms with Crippen molar-refractivity contribution in [3.8, 4) is 6.07 Å². The second-order valence-corrected chi connectivity index (χ2v) is 3.33. The van der Waals surface area contributed by atoms with Crippen LogP contribution in [-0.2, 0) is 9.47 Å². The molecule has 0 saturated heterocycles. The monoisotopic (exact) mass is 249 g/mol. The predicted molar refractivity (Wildman–Crippen MR) is 66.0 cm³/mol. The van der Waals surface area contributed by atoms with E-state index < -0.39 is 6.03 Å². The molecule has 0 aliphatic carbocycles. The van der Waals surface area contributed by atoms with Crippen molar-refractivity contribution in [3.63, 3.8) is 0 Å². The summed E-state index contributed by atoms with van der Waals surface area (Å²) in [5.74, 6) is 0. The Morgan fingerprint density at radius 1 is 1.39 bits per heavy atom. The molecule has 2 N–H and O–H groups in total. The molecule has 18 heavy (non-hydrogen) atoms. The maximum Gasteiger partial charge on any atom is 0.321 e. The highest BCUT2D eigenvalue weighted by Crippen LogP contribution is 2.12. The number of urea groups is 1. The van der Waals surface area contributed by atoms with Gasteiger partial charge in [-0.2, -0.15) is 5.26 Å². The molecule has 0 atom stereocenters. The van der Waals surface area contributed by atoms with Gasteiger partial charge in [0.25, 0.3) is 0 Å². The van der Waals surface area contributed by atoms with Crippen LogP contribution in [0, 0.1) is 11.3 Å². The first-order chi connectivity index (χ1) is 8.77. The van der Waals surface area contributed by atoms with Crippen LogP contribution in [0.3, 0.4) is 0 Å². The molecule has 1 rings (SSSR count). The third-order valence-electron chi connectivity index (χ3n) is 2.06. The van der Waals surface area contributed by atoms with Gasteiger partial charge in [0, 0.05) is 7.11 Å². The minimum Gasteiger partial charge on any atom is -0.382 e. The SMILES string of the molecule is COCCOCNC(=O)Nc1ccccc1C#N. The molecule has 0 saturated carbocycles. The van der Waals surface area contributed by atoms with Gasteiger partial charge in [-0.3, -0.25) is 0 Å². The zero-order chi connectivity index (χ0) is 13.2. The lowest BCUT2D eigenvalue weighted by Gasteiger charge is -2.09. The van der Waals surface area contributed by atoms with Gasteiger partial charge in [0.1, 0.15) is 12.8 Å². The van der Waals surface area contributed by atoms with E-state index in [4.69, 9.17) is 14.7 Å². The van der Waals surface area contributed by atoms with Crippen molar-refractivity contribution in [2.24, 2.45) is 0 Å². The number of para-hydroxylation sites is 1. The summed E-state index contributed by atoms with van der Waals surface area (Å²) in [6.45, 7) is 0.968. The maximum absolute atomic E-state index is 11.5. The first-order valence-electron chi connectivity index (χ1n) is 5.38. The summed E-state index contributed by atoms with van der Waals surface area (Å²) < 4.78 is 9.86. The van der Waals surface area contributed by atoms with E-state index in [1.165, 1.54) is 0 Å². The fourth-order valence-corrected chi connectivity index (χ4v) is 1.19. The van der Waals surface area contributed by atoms with E-state index in [9.17, 15) is 4.79 Å². The van der Waals surface area contributed by atoms with E-state index in [1.807, 2.05) is 6.07 Å². The molecule has 1 aromatic rings. The average Bonchev–Trinajstić information content (AvgIpc) is 2.39. The molecule has 0 unspecified atom stereocenters. The molecular weight excluding hydrogens is 234 g/mol. The van der Waals surface area contributed by atoms with Crippen LogP contribution in [0.2, 0.25) is 0 Å². The Balaban J connectivity index is 2.34. The standard InChI is InChI=1S/C12H15N3O3/c1-17-6-7-18-9-14-12(16)15-11-5-3-2-4-10(11)8-13/h2-5H,6-7,9H2,1H3,(H2,14,15,16). The number of anilines is 1. The van der Waals surface area contributed by atoms with Gasteiger partial charge < -0.3 is 20.1 Å². The summed E-state index contributed by atoms with van der Waals surface area (Å²) in [7, 11) is 1.57. The highest BCUT2D eigenvalue weighted by atomic mass is 16.5. The Morgan fingerprint density at radius 2 is 2.17 bits per heavy atom. The Kier molecular flexibility index (Phi) is 6.25. The molecule has 6 nitrogen and oxygen atoms in total. The molecular formula is C12H15N3O3. The fourth-order valence-electron chi connectivity index (χ4n) is 1.19. The minimum absolute atomic E-state index is 0.0872. The summed E-state index contributed by atoms with van der Waals surface area (Å²) in [6, 6.07) is 8.33. The van der Waals surface area contributed by atoms with E-state index in [0.717, 1.165) is 0 Å². The van der Waals surface area contributed by atoms with E-state index in [0.29, 0.717) is 24.5 Å². The van der Waals surface area contributed by atoms with E-state index in [-0.39, 0.29) is 6.73 Å².